The topological polar surface area (TPSA) is 90.1 Å². The lowest BCUT2D eigenvalue weighted by Gasteiger charge is -2.40. The van der Waals surface area contributed by atoms with E-state index in [0.717, 1.165) is 56.1 Å². The highest BCUT2D eigenvalue weighted by Crippen LogP contribution is 2.33. The zero-order valence-corrected chi connectivity index (χ0v) is 14.7. The number of H-pyrrole nitrogens is 1. The van der Waals surface area contributed by atoms with Crippen LogP contribution in [0.25, 0.3) is 0 Å². The molecule has 1 atom stereocenters. The minimum atomic E-state index is -0.721. The Morgan fingerprint density at radius 2 is 1.96 bits per heavy atom. The lowest BCUT2D eigenvalue weighted by Crippen LogP contribution is -2.55. The van der Waals surface area contributed by atoms with E-state index in [4.69, 9.17) is 0 Å². The number of piperidine rings is 1. The fraction of sp³-hybridized carbons (Fsp3) is 0.706. The van der Waals surface area contributed by atoms with E-state index in [1.165, 1.54) is 0 Å². The molecule has 2 aliphatic rings. The number of carbonyl (C=O) groups is 2. The SMILES string of the molecule is CCc1nc(CN2CCC([C@@]3(CC)NC(=O)NC3=O)CC2)c(C)[nH]1. The fourth-order valence-electron chi connectivity index (χ4n) is 4.01. The van der Waals surface area contributed by atoms with Crippen molar-refractivity contribution >= 4 is 11.9 Å². The summed E-state index contributed by atoms with van der Waals surface area (Å²) in [6.07, 6.45) is 3.36. The number of aromatic amines is 1. The molecule has 0 spiro atoms. The predicted octanol–water partition coefficient (Wildman–Crippen LogP) is 1.48. The van der Waals surface area contributed by atoms with Crippen molar-refractivity contribution in [2.75, 3.05) is 13.1 Å². The highest BCUT2D eigenvalue weighted by atomic mass is 16.2. The molecule has 3 amide bonds. The summed E-state index contributed by atoms with van der Waals surface area (Å²) >= 11 is 0. The molecule has 7 nitrogen and oxygen atoms in total. The Hall–Kier alpha value is -1.89. The number of carbonyl (C=O) groups excluding carboxylic acids is 2. The first-order valence-electron chi connectivity index (χ1n) is 8.88. The summed E-state index contributed by atoms with van der Waals surface area (Å²) in [5.74, 6) is 1.06. The predicted molar refractivity (Wildman–Crippen MR) is 90.4 cm³/mol. The van der Waals surface area contributed by atoms with Crippen LogP contribution in [-0.2, 0) is 17.8 Å². The number of urea groups is 1. The lowest BCUT2D eigenvalue weighted by atomic mass is 9.76. The van der Waals surface area contributed by atoms with Crippen LogP contribution in [0.1, 0.15) is 50.3 Å². The van der Waals surface area contributed by atoms with Gasteiger partial charge in [0, 0.05) is 18.7 Å². The number of imidazole rings is 1. The monoisotopic (exact) mass is 333 g/mol. The lowest BCUT2D eigenvalue weighted by molar-refractivity contribution is -0.126. The average Bonchev–Trinajstić information content (AvgIpc) is 3.07. The Labute approximate surface area is 142 Å². The van der Waals surface area contributed by atoms with Gasteiger partial charge in [-0.15, -0.1) is 0 Å². The van der Waals surface area contributed by atoms with Crippen molar-refractivity contribution in [3.05, 3.63) is 17.2 Å². The number of nitrogens with zero attached hydrogens (tertiary/aromatic N) is 2. The first kappa shape index (κ1) is 17.0. The Bertz CT molecular complexity index is 633. The number of hydrogen-bond donors (Lipinski definition) is 3. The molecule has 3 N–H and O–H groups in total. The van der Waals surface area contributed by atoms with Crippen molar-refractivity contribution in [1.82, 2.24) is 25.5 Å². The van der Waals surface area contributed by atoms with Crippen molar-refractivity contribution in [2.24, 2.45) is 5.92 Å². The standard InChI is InChI=1S/C17H27N5O2/c1-4-14-18-11(3)13(19-14)10-22-8-6-12(7-9-22)17(5-2)15(23)20-16(24)21-17/h12H,4-10H2,1-3H3,(H,18,19)(H2,20,21,23,24)/t17-/m1/s1. The quantitative estimate of drug-likeness (QED) is 0.712. The molecule has 2 fully saturated rings. The summed E-state index contributed by atoms with van der Waals surface area (Å²) in [6.45, 7) is 8.81. The normalized spacial score (nSPS) is 25.8. The number of amides is 3. The number of aromatic nitrogens is 2. The second kappa shape index (κ2) is 6.55. The molecule has 0 bridgehead atoms. The Balaban J connectivity index is 1.62. The van der Waals surface area contributed by atoms with Crippen LogP contribution in [0.5, 0.6) is 0 Å². The minimum absolute atomic E-state index is 0.163. The van der Waals surface area contributed by atoms with E-state index in [1.54, 1.807) is 0 Å². The van der Waals surface area contributed by atoms with Gasteiger partial charge in [-0.3, -0.25) is 15.0 Å². The maximum absolute atomic E-state index is 12.3. The molecule has 0 radical (unpaired) electrons. The van der Waals surface area contributed by atoms with Crippen LogP contribution in [0, 0.1) is 12.8 Å². The molecule has 0 saturated carbocycles. The molecule has 1 aromatic heterocycles. The highest BCUT2D eigenvalue weighted by Gasteiger charge is 2.50. The second-order valence-electron chi connectivity index (χ2n) is 6.89. The van der Waals surface area contributed by atoms with Gasteiger partial charge in [0.25, 0.3) is 5.91 Å². The van der Waals surface area contributed by atoms with E-state index in [9.17, 15) is 9.59 Å². The van der Waals surface area contributed by atoms with Crippen LogP contribution in [0.3, 0.4) is 0 Å². The molecule has 3 heterocycles. The molecular formula is C17H27N5O2. The molecule has 2 saturated heterocycles. The average molecular weight is 333 g/mol. The van der Waals surface area contributed by atoms with Crippen LogP contribution in [-0.4, -0.2) is 45.4 Å². The fourth-order valence-corrected chi connectivity index (χ4v) is 4.01. The van der Waals surface area contributed by atoms with E-state index in [-0.39, 0.29) is 17.9 Å². The molecule has 1 aromatic rings. The largest absolute Gasteiger partial charge is 0.346 e. The van der Waals surface area contributed by atoms with Gasteiger partial charge in [0.15, 0.2) is 0 Å². The van der Waals surface area contributed by atoms with Crippen molar-refractivity contribution in [1.29, 1.82) is 0 Å². The maximum atomic E-state index is 12.3. The molecule has 3 rings (SSSR count). The third-order valence-corrected chi connectivity index (χ3v) is 5.55. The summed E-state index contributed by atoms with van der Waals surface area (Å²) in [6, 6.07) is -0.358. The first-order chi connectivity index (χ1) is 11.5. The van der Waals surface area contributed by atoms with Crippen molar-refractivity contribution in [3.63, 3.8) is 0 Å². The van der Waals surface area contributed by atoms with Gasteiger partial charge >= 0.3 is 6.03 Å². The highest BCUT2D eigenvalue weighted by molar-refractivity contribution is 6.07. The van der Waals surface area contributed by atoms with Crippen molar-refractivity contribution in [3.8, 4) is 0 Å². The van der Waals surface area contributed by atoms with Gasteiger partial charge in [-0.05, 0) is 45.2 Å². The third kappa shape index (κ3) is 2.92. The summed E-state index contributed by atoms with van der Waals surface area (Å²) in [4.78, 5) is 34.2. The summed E-state index contributed by atoms with van der Waals surface area (Å²) in [5.41, 5.74) is 1.53. The van der Waals surface area contributed by atoms with Crippen LogP contribution < -0.4 is 10.6 Å². The number of imide groups is 1. The molecule has 0 aromatic carbocycles. The molecule has 24 heavy (non-hydrogen) atoms. The molecule has 0 aliphatic carbocycles. The number of hydrogen-bond acceptors (Lipinski definition) is 4. The summed E-state index contributed by atoms with van der Waals surface area (Å²) in [5, 5.41) is 5.29. The maximum Gasteiger partial charge on any atom is 0.322 e. The minimum Gasteiger partial charge on any atom is -0.346 e. The van der Waals surface area contributed by atoms with Gasteiger partial charge in [0.2, 0.25) is 0 Å². The Kier molecular flexibility index (Phi) is 4.62. The van der Waals surface area contributed by atoms with E-state index in [0.29, 0.717) is 6.42 Å². The zero-order valence-electron chi connectivity index (χ0n) is 14.7. The van der Waals surface area contributed by atoms with Crippen LogP contribution >= 0.6 is 0 Å². The van der Waals surface area contributed by atoms with Gasteiger partial charge in [0.1, 0.15) is 11.4 Å². The Morgan fingerprint density at radius 1 is 1.25 bits per heavy atom. The van der Waals surface area contributed by atoms with E-state index < -0.39 is 5.54 Å². The first-order valence-corrected chi connectivity index (χ1v) is 8.88. The second-order valence-corrected chi connectivity index (χ2v) is 6.89. The molecule has 0 unspecified atom stereocenters. The van der Waals surface area contributed by atoms with E-state index >= 15 is 0 Å². The Morgan fingerprint density at radius 3 is 2.46 bits per heavy atom. The van der Waals surface area contributed by atoms with Crippen LogP contribution in [0.15, 0.2) is 0 Å². The molecular weight excluding hydrogens is 306 g/mol. The van der Waals surface area contributed by atoms with Crippen LogP contribution in [0.4, 0.5) is 4.79 Å². The smallest absolute Gasteiger partial charge is 0.322 e. The van der Waals surface area contributed by atoms with Gasteiger partial charge < -0.3 is 10.3 Å². The van der Waals surface area contributed by atoms with Gasteiger partial charge in [-0.1, -0.05) is 13.8 Å². The summed E-state index contributed by atoms with van der Waals surface area (Å²) in [7, 11) is 0. The summed E-state index contributed by atoms with van der Waals surface area (Å²) < 4.78 is 0. The van der Waals surface area contributed by atoms with Crippen molar-refractivity contribution < 1.29 is 9.59 Å². The van der Waals surface area contributed by atoms with Crippen molar-refractivity contribution in [2.45, 2.75) is 58.5 Å². The molecule has 7 heteroatoms. The van der Waals surface area contributed by atoms with Gasteiger partial charge in [0.05, 0.1) is 5.69 Å². The molecule has 132 valence electrons. The van der Waals surface area contributed by atoms with Crippen LogP contribution in [0.2, 0.25) is 0 Å². The number of rotatable bonds is 5. The van der Waals surface area contributed by atoms with E-state index in [2.05, 4.69) is 39.3 Å². The number of aryl methyl sites for hydroxylation is 2. The number of nitrogens with one attached hydrogen (secondary N) is 3. The number of likely N-dealkylation sites (tertiary alicyclic amines) is 1. The third-order valence-electron chi connectivity index (χ3n) is 5.55. The van der Waals surface area contributed by atoms with Gasteiger partial charge in [-0.25, -0.2) is 9.78 Å². The van der Waals surface area contributed by atoms with Gasteiger partial charge in [-0.2, -0.15) is 0 Å². The van der Waals surface area contributed by atoms with E-state index in [1.807, 2.05) is 6.92 Å². The molecule has 2 aliphatic heterocycles. The zero-order chi connectivity index (χ0) is 17.3.